The van der Waals surface area contributed by atoms with Crippen LogP contribution in [0.25, 0.3) is 0 Å². The van der Waals surface area contributed by atoms with Crippen LogP contribution in [0.1, 0.15) is 18.5 Å². The molecule has 2 rings (SSSR count). The van der Waals surface area contributed by atoms with E-state index in [9.17, 15) is 5.21 Å². The normalized spacial score (nSPS) is 12.3. The SMILES string of the molecule is CC(Nc1c(N)nc(N)c(N)[n+]1[O-])c1ccoc1. The fraction of sp³-hybridized carbons (Fsp3) is 0.200. The van der Waals surface area contributed by atoms with E-state index in [1.165, 1.54) is 6.26 Å². The Morgan fingerprint density at radius 3 is 2.72 bits per heavy atom. The lowest BCUT2D eigenvalue weighted by Gasteiger charge is -2.18. The van der Waals surface area contributed by atoms with Crippen LogP contribution in [0.15, 0.2) is 23.0 Å². The van der Waals surface area contributed by atoms with Gasteiger partial charge in [0, 0.05) is 5.56 Å². The average Bonchev–Trinajstić information content (AvgIpc) is 2.85. The molecule has 2 aromatic heterocycles. The summed E-state index contributed by atoms with van der Waals surface area (Å²) in [6, 6.07) is 1.59. The first-order valence-corrected chi connectivity index (χ1v) is 5.23. The Kier molecular flexibility index (Phi) is 2.84. The Morgan fingerprint density at radius 2 is 2.11 bits per heavy atom. The number of aromatic nitrogens is 2. The molecule has 1 unspecified atom stereocenters. The number of hydrogen-bond donors (Lipinski definition) is 4. The van der Waals surface area contributed by atoms with Gasteiger partial charge in [-0.1, -0.05) is 0 Å². The largest absolute Gasteiger partial charge is 0.740 e. The van der Waals surface area contributed by atoms with Crippen LogP contribution in [0.2, 0.25) is 0 Å². The summed E-state index contributed by atoms with van der Waals surface area (Å²) in [6.45, 7) is 1.84. The summed E-state index contributed by atoms with van der Waals surface area (Å²) in [5.74, 6) is -0.224. The van der Waals surface area contributed by atoms with Gasteiger partial charge in [0.2, 0.25) is 0 Å². The minimum Gasteiger partial charge on any atom is -0.740 e. The molecule has 0 aromatic carbocycles. The van der Waals surface area contributed by atoms with E-state index in [2.05, 4.69) is 10.3 Å². The van der Waals surface area contributed by atoms with Gasteiger partial charge in [0.05, 0.1) is 18.6 Å². The van der Waals surface area contributed by atoms with Gasteiger partial charge in [-0.3, -0.25) is 5.32 Å². The zero-order valence-electron chi connectivity index (χ0n) is 9.75. The lowest BCUT2D eigenvalue weighted by Crippen LogP contribution is -2.37. The number of nitrogens with one attached hydrogen (secondary N) is 1. The first kappa shape index (κ1) is 11.8. The van der Waals surface area contributed by atoms with Crippen LogP contribution in [0.3, 0.4) is 0 Å². The van der Waals surface area contributed by atoms with Crippen LogP contribution in [-0.2, 0) is 0 Å². The van der Waals surface area contributed by atoms with E-state index in [1.54, 1.807) is 12.3 Å². The van der Waals surface area contributed by atoms with Gasteiger partial charge >= 0.3 is 0 Å². The fourth-order valence-electron chi connectivity index (χ4n) is 1.51. The number of furan rings is 1. The number of rotatable bonds is 3. The Balaban J connectivity index is 2.32. The molecule has 0 radical (unpaired) electrons. The van der Waals surface area contributed by atoms with E-state index in [4.69, 9.17) is 21.6 Å². The monoisotopic (exact) mass is 250 g/mol. The number of anilines is 4. The van der Waals surface area contributed by atoms with Crippen molar-refractivity contribution < 1.29 is 9.15 Å². The smallest absolute Gasteiger partial charge is 0.265 e. The second-order valence-corrected chi connectivity index (χ2v) is 3.83. The van der Waals surface area contributed by atoms with Crippen molar-refractivity contribution in [2.45, 2.75) is 13.0 Å². The van der Waals surface area contributed by atoms with Gasteiger partial charge in [-0.25, -0.2) is 9.71 Å². The molecule has 0 spiro atoms. The Hall–Kier alpha value is -2.64. The number of hydrogen-bond acceptors (Lipinski definition) is 7. The number of nitrogens with zero attached hydrogens (tertiary/aromatic N) is 2. The van der Waals surface area contributed by atoms with Crippen LogP contribution >= 0.6 is 0 Å². The molecule has 7 N–H and O–H groups in total. The van der Waals surface area contributed by atoms with Crippen LogP contribution in [0, 0.1) is 5.21 Å². The topological polar surface area (TPSA) is 143 Å². The van der Waals surface area contributed by atoms with Gasteiger partial charge in [0.15, 0.2) is 11.6 Å². The fourth-order valence-corrected chi connectivity index (χ4v) is 1.51. The summed E-state index contributed by atoms with van der Waals surface area (Å²) in [5, 5.41) is 14.7. The molecule has 0 amide bonds. The first-order chi connectivity index (χ1) is 8.50. The molecule has 18 heavy (non-hydrogen) atoms. The second kappa shape index (κ2) is 4.32. The molecule has 0 saturated carbocycles. The van der Waals surface area contributed by atoms with E-state index in [1.807, 2.05) is 6.92 Å². The maximum Gasteiger partial charge on any atom is 0.265 e. The molecule has 0 aliphatic carbocycles. The molecule has 2 aromatic rings. The van der Waals surface area contributed by atoms with E-state index in [0.29, 0.717) is 4.73 Å². The molecule has 96 valence electrons. The van der Waals surface area contributed by atoms with E-state index in [0.717, 1.165) is 5.56 Å². The maximum absolute atomic E-state index is 11.8. The van der Waals surface area contributed by atoms with Crippen molar-refractivity contribution in [1.29, 1.82) is 0 Å². The summed E-state index contributed by atoms with van der Waals surface area (Å²) in [7, 11) is 0. The van der Waals surface area contributed by atoms with Crippen molar-refractivity contribution in [3.63, 3.8) is 0 Å². The third kappa shape index (κ3) is 1.95. The quantitative estimate of drug-likeness (QED) is 0.450. The average molecular weight is 250 g/mol. The van der Waals surface area contributed by atoms with Gasteiger partial charge in [-0.15, -0.1) is 0 Å². The van der Waals surface area contributed by atoms with E-state index < -0.39 is 0 Å². The standard InChI is InChI=1S/C10H14N6O2/c1-5(6-2-3-18-4-6)14-10-8(12)15-7(11)9(13)16(10)17/h2-5,14H,13H2,1H3,(H4,11,12,15). The first-order valence-electron chi connectivity index (χ1n) is 5.23. The highest BCUT2D eigenvalue weighted by Gasteiger charge is 2.18. The third-order valence-corrected chi connectivity index (χ3v) is 2.56. The molecule has 0 bridgehead atoms. The van der Waals surface area contributed by atoms with Gasteiger partial charge in [-0.05, 0) is 13.0 Å². The van der Waals surface area contributed by atoms with Crippen molar-refractivity contribution in [2.24, 2.45) is 0 Å². The van der Waals surface area contributed by atoms with Crippen molar-refractivity contribution in [2.75, 3.05) is 22.5 Å². The van der Waals surface area contributed by atoms with Gasteiger partial charge in [0.1, 0.15) is 0 Å². The predicted octanol–water partition coefficient (Wildman–Crippen LogP) is 0.228. The maximum atomic E-state index is 11.8. The summed E-state index contributed by atoms with van der Waals surface area (Å²) >= 11 is 0. The molecule has 8 heteroatoms. The Morgan fingerprint density at radius 1 is 1.39 bits per heavy atom. The molecule has 0 saturated heterocycles. The van der Waals surface area contributed by atoms with Crippen molar-refractivity contribution in [3.8, 4) is 0 Å². The molecule has 1 atom stereocenters. The van der Waals surface area contributed by atoms with Crippen molar-refractivity contribution in [3.05, 3.63) is 29.4 Å². The molecular formula is C10H14N6O2. The van der Waals surface area contributed by atoms with Crippen LogP contribution in [-0.4, -0.2) is 4.98 Å². The Labute approximate surface area is 103 Å². The lowest BCUT2D eigenvalue weighted by atomic mass is 10.2. The molecule has 0 aliphatic rings. The molecular weight excluding hydrogens is 236 g/mol. The van der Waals surface area contributed by atoms with Crippen LogP contribution in [0.5, 0.6) is 0 Å². The Bertz CT molecular complexity index is 554. The second-order valence-electron chi connectivity index (χ2n) is 3.83. The van der Waals surface area contributed by atoms with Crippen molar-refractivity contribution in [1.82, 2.24) is 4.98 Å². The van der Waals surface area contributed by atoms with E-state index in [-0.39, 0.29) is 29.3 Å². The van der Waals surface area contributed by atoms with Crippen LogP contribution in [0.4, 0.5) is 23.3 Å². The molecule has 0 fully saturated rings. The predicted molar refractivity (Wildman–Crippen MR) is 67.2 cm³/mol. The highest BCUT2D eigenvalue weighted by atomic mass is 16.5. The highest BCUT2D eigenvalue weighted by Crippen LogP contribution is 2.22. The molecule has 2 heterocycles. The zero-order chi connectivity index (χ0) is 13.3. The minimum atomic E-state index is -0.189. The molecule has 0 aliphatic heterocycles. The highest BCUT2D eigenvalue weighted by molar-refractivity contribution is 5.61. The van der Waals surface area contributed by atoms with Crippen LogP contribution < -0.4 is 27.2 Å². The molecule has 8 nitrogen and oxygen atoms in total. The van der Waals surface area contributed by atoms with Gasteiger partial charge in [0.25, 0.3) is 11.6 Å². The van der Waals surface area contributed by atoms with Crippen molar-refractivity contribution >= 4 is 23.3 Å². The minimum absolute atomic E-state index is 0.00737. The zero-order valence-corrected chi connectivity index (χ0v) is 9.75. The lowest BCUT2D eigenvalue weighted by molar-refractivity contribution is -0.574. The number of nitrogen functional groups attached to an aromatic ring is 3. The summed E-state index contributed by atoms with van der Waals surface area (Å²) in [4.78, 5) is 3.79. The summed E-state index contributed by atoms with van der Waals surface area (Å²) in [6.07, 6.45) is 3.11. The van der Waals surface area contributed by atoms with E-state index >= 15 is 0 Å². The number of nitrogens with two attached hydrogens (primary N) is 3. The van der Waals surface area contributed by atoms with Gasteiger partial charge in [-0.2, -0.15) is 0 Å². The summed E-state index contributed by atoms with van der Waals surface area (Å²) in [5.41, 5.74) is 17.4. The third-order valence-electron chi connectivity index (χ3n) is 2.56. The van der Waals surface area contributed by atoms with Gasteiger partial charge < -0.3 is 26.8 Å². The summed E-state index contributed by atoms with van der Waals surface area (Å²) < 4.78 is 5.39.